The summed E-state index contributed by atoms with van der Waals surface area (Å²) >= 11 is 0. The zero-order valence-electron chi connectivity index (χ0n) is 12.8. The minimum absolute atomic E-state index is 0.312. The molecule has 0 aromatic heterocycles. The van der Waals surface area contributed by atoms with Crippen LogP contribution in [0, 0.1) is 32.6 Å². The van der Waals surface area contributed by atoms with Crippen LogP contribution in [-0.4, -0.2) is 0 Å². The number of hydrogen-bond donors (Lipinski definition) is 2. The molecule has 0 bridgehead atoms. The lowest BCUT2D eigenvalue weighted by Crippen LogP contribution is -2.35. The fourth-order valence-corrected chi connectivity index (χ4v) is 3.42. The second-order valence-electron chi connectivity index (χ2n) is 6.46. The first kappa shape index (κ1) is 14.5. The monoisotopic (exact) mass is 260 g/mol. The molecule has 1 aliphatic rings. The van der Waals surface area contributed by atoms with Gasteiger partial charge in [0.1, 0.15) is 0 Å². The Labute approximate surface area is 117 Å². The Morgan fingerprint density at radius 3 is 2.16 bits per heavy atom. The largest absolute Gasteiger partial charge is 0.271 e. The van der Waals surface area contributed by atoms with Crippen molar-refractivity contribution >= 4 is 0 Å². The Kier molecular flexibility index (Phi) is 4.64. The minimum Gasteiger partial charge on any atom is -0.271 e. The smallest absolute Gasteiger partial charge is 0.0490 e. The van der Waals surface area contributed by atoms with E-state index in [9.17, 15) is 0 Å². The third-order valence-corrected chi connectivity index (χ3v) is 4.93. The Morgan fingerprint density at radius 2 is 1.58 bits per heavy atom. The van der Waals surface area contributed by atoms with Gasteiger partial charge in [0.25, 0.3) is 0 Å². The average Bonchev–Trinajstić information content (AvgIpc) is 2.38. The maximum Gasteiger partial charge on any atom is 0.0490 e. The first-order valence-corrected chi connectivity index (χ1v) is 7.56. The second-order valence-corrected chi connectivity index (χ2v) is 6.46. The molecule has 3 N–H and O–H groups in total. The van der Waals surface area contributed by atoms with Gasteiger partial charge in [0, 0.05) is 6.04 Å². The van der Waals surface area contributed by atoms with Gasteiger partial charge in [-0.05, 0) is 67.7 Å². The molecule has 19 heavy (non-hydrogen) atoms. The van der Waals surface area contributed by atoms with Gasteiger partial charge in [-0.3, -0.25) is 11.3 Å². The van der Waals surface area contributed by atoms with Crippen LogP contribution in [0.4, 0.5) is 0 Å². The quantitative estimate of drug-likeness (QED) is 0.638. The summed E-state index contributed by atoms with van der Waals surface area (Å²) in [6, 6.07) is 4.93. The van der Waals surface area contributed by atoms with Gasteiger partial charge in [0.05, 0.1) is 0 Å². The lowest BCUT2D eigenvalue weighted by molar-refractivity contribution is 0.232. The number of hydrogen-bond acceptors (Lipinski definition) is 2. The van der Waals surface area contributed by atoms with E-state index in [2.05, 4.69) is 45.3 Å². The predicted molar refractivity (Wildman–Crippen MR) is 81.8 cm³/mol. The van der Waals surface area contributed by atoms with Crippen LogP contribution in [0.15, 0.2) is 12.1 Å². The number of hydrazine groups is 1. The van der Waals surface area contributed by atoms with E-state index in [0.29, 0.717) is 12.0 Å². The molecule has 1 aromatic rings. The van der Waals surface area contributed by atoms with E-state index in [4.69, 9.17) is 5.84 Å². The van der Waals surface area contributed by atoms with Crippen LogP contribution in [0.2, 0.25) is 0 Å². The molecule has 1 aromatic carbocycles. The van der Waals surface area contributed by atoms with Crippen LogP contribution in [0.1, 0.15) is 60.9 Å². The summed E-state index contributed by atoms with van der Waals surface area (Å²) in [4.78, 5) is 0. The Balaban J connectivity index is 2.24. The molecule has 2 rings (SSSR count). The third-order valence-electron chi connectivity index (χ3n) is 4.93. The van der Waals surface area contributed by atoms with Crippen LogP contribution in [0.5, 0.6) is 0 Å². The van der Waals surface area contributed by atoms with Crippen molar-refractivity contribution in [3.05, 3.63) is 34.4 Å². The van der Waals surface area contributed by atoms with Gasteiger partial charge >= 0.3 is 0 Å². The van der Waals surface area contributed by atoms with Gasteiger partial charge < -0.3 is 0 Å². The lowest BCUT2D eigenvalue weighted by Gasteiger charge is -2.33. The standard InChI is InChI=1S/C17H28N2/c1-11-5-7-15(8-6-11)17(19-18)16-10-13(3)12(2)9-14(16)4/h9-11,15,17,19H,5-8,18H2,1-4H3. The molecule has 1 unspecified atom stereocenters. The summed E-state index contributed by atoms with van der Waals surface area (Å²) in [6.07, 6.45) is 5.27. The van der Waals surface area contributed by atoms with Gasteiger partial charge in [0.2, 0.25) is 0 Å². The number of nitrogens with two attached hydrogens (primary N) is 1. The van der Waals surface area contributed by atoms with E-state index in [1.165, 1.54) is 47.9 Å². The first-order chi connectivity index (χ1) is 9.02. The number of aryl methyl sites for hydroxylation is 3. The molecule has 1 fully saturated rings. The highest BCUT2D eigenvalue weighted by Gasteiger charge is 2.27. The normalized spacial score (nSPS) is 25.3. The van der Waals surface area contributed by atoms with Crippen molar-refractivity contribution in [1.82, 2.24) is 5.43 Å². The maximum absolute atomic E-state index is 5.88. The molecule has 0 radical (unpaired) electrons. The molecule has 1 atom stereocenters. The number of rotatable bonds is 3. The highest BCUT2D eigenvalue weighted by molar-refractivity contribution is 5.38. The van der Waals surface area contributed by atoms with Crippen molar-refractivity contribution < 1.29 is 0 Å². The van der Waals surface area contributed by atoms with Crippen molar-refractivity contribution in [2.24, 2.45) is 17.7 Å². The summed E-state index contributed by atoms with van der Waals surface area (Å²) in [5, 5.41) is 0. The molecule has 2 heteroatoms. The Morgan fingerprint density at radius 1 is 1.00 bits per heavy atom. The molecule has 1 saturated carbocycles. The zero-order chi connectivity index (χ0) is 14.0. The van der Waals surface area contributed by atoms with Gasteiger partial charge in [-0.25, -0.2) is 0 Å². The molecular formula is C17H28N2. The first-order valence-electron chi connectivity index (χ1n) is 7.56. The topological polar surface area (TPSA) is 38.0 Å². The van der Waals surface area contributed by atoms with Crippen molar-refractivity contribution in [2.45, 2.75) is 59.4 Å². The molecular weight excluding hydrogens is 232 g/mol. The Bertz CT molecular complexity index is 431. The molecule has 0 saturated heterocycles. The summed E-state index contributed by atoms with van der Waals surface area (Å²) in [5.74, 6) is 7.44. The van der Waals surface area contributed by atoms with E-state index >= 15 is 0 Å². The molecule has 0 aliphatic heterocycles. The number of nitrogens with one attached hydrogen (secondary N) is 1. The fraction of sp³-hybridized carbons (Fsp3) is 0.647. The minimum atomic E-state index is 0.312. The summed E-state index contributed by atoms with van der Waals surface area (Å²) < 4.78 is 0. The number of benzene rings is 1. The van der Waals surface area contributed by atoms with Crippen LogP contribution in [0.25, 0.3) is 0 Å². The summed E-state index contributed by atoms with van der Waals surface area (Å²) in [6.45, 7) is 8.94. The molecule has 1 aliphatic carbocycles. The average molecular weight is 260 g/mol. The van der Waals surface area contributed by atoms with Crippen LogP contribution < -0.4 is 11.3 Å². The van der Waals surface area contributed by atoms with Crippen molar-refractivity contribution in [2.75, 3.05) is 0 Å². The van der Waals surface area contributed by atoms with Gasteiger partial charge in [-0.1, -0.05) is 31.9 Å². The van der Waals surface area contributed by atoms with Crippen LogP contribution >= 0.6 is 0 Å². The van der Waals surface area contributed by atoms with Crippen LogP contribution in [0.3, 0.4) is 0 Å². The van der Waals surface area contributed by atoms with E-state index < -0.39 is 0 Å². The maximum atomic E-state index is 5.88. The van der Waals surface area contributed by atoms with E-state index in [0.717, 1.165) is 5.92 Å². The lowest BCUT2D eigenvalue weighted by atomic mass is 9.76. The summed E-state index contributed by atoms with van der Waals surface area (Å²) in [7, 11) is 0. The molecule has 2 nitrogen and oxygen atoms in total. The second kappa shape index (κ2) is 6.06. The molecule has 0 heterocycles. The van der Waals surface area contributed by atoms with E-state index in [1.807, 2.05) is 0 Å². The predicted octanol–water partition coefficient (Wildman–Crippen LogP) is 3.94. The molecule has 0 amide bonds. The van der Waals surface area contributed by atoms with Crippen molar-refractivity contribution in [3.63, 3.8) is 0 Å². The fourth-order valence-electron chi connectivity index (χ4n) is 3.42. The highest BCUT2D eigenvalue weighted by atomic mass is 15.2. The van der Waals surface area contributed by atoms with E-state index in [-0.39, 0.29) is 0 Å². The van der Waals surface area contributed by atoms with Crippen molar-refractivity contribution in [3.8, 4) is 0 Å². The van der Waals surface area contributed by atoms with Gasteiger partial charge in [0.15, 0.2) is 0 Å². The molecule has 0 spiro atoms. The summed E-state index contributed by atoms with van der Waals surface area (Å²) in [5.41, 5.74) is 8.58. The SMILES string of the molecule is Cc1cc(C)c(C(NN)C2CCC(C)CC2)cc1C. The molecule has 106 valence electrons. The van der Waals surface area contributed by atoms with Gasteiger partial charge in [-0.2, -0.15) is 0 Å². The van der Waals surface area contributed by atoms with Crippen LogP contribution in [-0.2, 0) is 0 Å². The van der Waals surface area contributed by atoms with E-state index in [1.54, 1.807) is 0 Å². The zero-order valence-corrected chi connectivity index (χ0v) is 12.8. The van der Waals surface area contributed by atoms with Crippen molar-refractivity contribution in [1.29, 1.82) is 0 Å². The Hall–Kier alpha value is -0.860. The highest BCUT2D eigenvalue weighted by Crippen LogP contribution is 2.37. The third kappa shape index (κ3) is 3.18. The van der Waals surface area contributed by atoms with Gasteiger partial charge in [-0.15, -0.1) is 0 Å².